The van der Waals surface area contributed by atoms with E-state index >= 15 is 0 Å². The fourth-order valence-corrected chi connectivity index (χ4v) is 2.58. The molecule has 82 valence electrons. The topological polar surface area (TPSA) is 52.0 Å². The zero-order chi connectivity index (χ0) is 11.7. The van der Waals surface area contributed by atoms with Gasteiger partial charge < -0.3 is 11.5 Å². The maximum absolute atomic E-state index is 5.80. The Kier molecular flexibility index (Phi) is 3.21. The first kappa shape index (κ1) is 11.5. The highest BCUT2D eigenvalue weighted by atomic mass is 79.9. The van der Waals surface area contributed by atoms with Crippen LogP contribution in [0.25, 0.3) is 11.1 Å². The lowest BCUT2D eigenvalue weighted by Crippen LogP contribution is -1.89. The van der Waals surface area contributed by atoms with Gasteiger partial charge in [-0.05, 0) is 47.5 Å². The summed E-state index contributed by atoms with van der Waals surface area (Å²) in [5.74, 6) is 0. The van der Waals surface area contributed by atoms with Crippen LogP contribution in [-0.4, -0.2) is 0 Å². The van der Waals surface area contributed by atoms with Crippen LogP contribution in [0.2, 0.25) is 0 Å². The SMILES string of the molecule is Nc1cc(Br)cc(-c2cc(N)cc(Br)c2)c1. The first-order chi connectivity index (χ1) is 7.54. The third-order valence-electron chi connectivity index (χ3n) is 2.17. The van der Waals surface area contributed by atoms with E-state index in [0.717, 1.165) is 31.4 Å². The molecular formula is C12H10Br2N2. The molecule has 0 aliphatic carbocycles. The lowest BCUT2D eigenvalue weighted by atomic mass is 10.0. The van der Waals surface area contributed by atoms with Crippen LogP contribution in [0, 0.1) is 0 Å². The van der Waals surface area contributed by atoms with Crippen molar-refractivity contribution in [1.82, 2.24) is 0 Å². The minimum absolute atomic E-state index is 0.725. The fourth-order valence-electron chi connectivity index (χ4n) is 1.56. The molecule has 0 heterocycles. The van der Waals surface area contributed by atoms with Gasteiger partial charge in [0.15, 0.2) is 0 Å². The van der Waals surface area contributed by atoms with Crippen LogP contribution in [-0.2, 0) is 0 Å². The summed E-state index contributed by atoms with van der Waals surface area (Å²) in [4.78, 5) is 0. The van der Waals surface area contributed by atoms with Gasteiger partial charge >= 0.3 is 0 Å². The first-order valence-corrected chi connectivity index (χ1v) is 6.26. The summed E-state index contributed by atoms with van der Waals surface area (Å²) in [5, 5.41) is 0. The Hall–Kier alpha value is -1.00. The van der Waals surface area contributed by atoms with Crippen molar-refractivity contribution in [3.8, 4) is 11.1 Å². The van der Waals surface area contributed by atoms with Gasteiger partial charge in [0.25, 0.3) is 0 Å². The molecule has 0 fully saturated rings. The number of anilines is 2. The third kappa shape index (κ3) is 2.57. The lowest BCUT2D eigenvalue weighted by molar-refractivity contribution is 1.56. The maximum atomic E-state index is 5.80. The molecule has 0 amide bonds. The van der Waals surface area contributed by atoms with E-state index in [1.807, 2.05) is 36.4 Å². The van der Waals surface area contributed by atoms with Gasteiger partial charge in [-0.25, -0.2) is 0 Å². The summed E-state index contributed by atoms with van der Waals surface area (Å²) in [6, 6.07) is 11.6. The Morgan fingerprint density at radius 1 is 0.625 bits per heavy atom. The zero-order valence-electron chi connectivity index (χ0n) is 8.37. The van der Waals surface area contributed by atoms with Gasteiger partial charge in [-0.2, -0.15) is 0 Å². The molecule has 0 saturated heterocycles. The molecule has 2 nitrogen and oxygen atoms in total. The van der Waals surface area contributed by atoms with Crippen molar-refractivity contribution in [2.45, 2.75) is 0 Å². The van der Waals surface area contributed by atoms with E-state index in [9.17, 15) is 0 Å². The molecule has 0 aromatic heterocycles. The quantitative estimate of drug-likeness (QED) is 0.769. The first-order valence-electron chi connectivity index (χ1n) is 4.67. The Morgan fingerprint density at radius 3 is 1.31 bits per heavy atom. The number of halogens is 2. The van der Waals surface area contributed by atoms with Gasteiger partial charge in [0.05, 0.1) is 0 Å². The van der Waals surface area contributed by atoms with Gasteiger partial charge in [-0.15, -0.1) is 0 Å². The van der Waals surface area contributed by atoms with Crippen LogP contribution in [0.1, 0.15) is 0 Å². The van der Waals surface area contributed by atoms with Gasteiger partial charge in [0, 0.05) is 20.3 Å². The Bertz CT molecular complexity index is 449. The summed E-state index contributed by atoms with van der Waals surface area (Å²) >= 11 is 6.85. The van der Waals surface area contributed by atoms with Crippen LogP contribution < -0.4 is 11.5 Å². The van der Waals surface area contributed by atoms with Gasteiger partial charge in [0.2, 0.25) is 0 Å². The van der Waals surface area contributed by atoms with Crippen LogP contribution in [0.15, 0.2) is 45.3 Å². The molecule has 0 aliphatic rings. The molecule has 4 heteroatoms. The molecule has 0 bridgehead atoms. The maximum Gasteiger partial charge on any atom is 0.0331 e. The average Bonchev–Trinajstić information content (AvgIpc) is 2.14. The molecule has 0 unspecified atom stereocenters. The molecule has 2 rings (SSSR count). The standard InChI is InChI=1S/C12H10Br2N2/c13-9-1-7(3-11(15)5-9)8-2-10(14)6-12(16)4-8/h1-6H,15-16H2. The summed E-state index contributed by atoms with van der Waals surface area (Å²) in [6.45, 7) is 0. The minimum Gasteiger partial charge on any atom is -0.399 e. The Balaban J connectivity index is 2.57. The number of benzene rings is 2. The van der Waals surface area contributed by atoms with Crippen molar-refractivity contribution in [3.05, 3.63) is 45.3 Å². The normalized spacial score (nSPS) is 10.4. The van der Waals surface area contributed by atoms with E-state index in [2.05, 4.69) is 31.9 Å². The minimum atomic E-state index is 0.725. The molecule has 0 spiro atoms. The van der Waals surface area contributed by atoms with Crippen molar-refractivity contribution in [1.29, 1.82) is 0 Å². The molecule has 0 radical (unpaired) electrons. The third-order valence-corrected chi connectivity index (χ3v) is 3.09. The van der Waals surface area contributed by atoms with E-state index in [0.29, 0.717) is 0 Å². The lowest BCUT2D eigenvalue weighted by Gasteiger charge is -2.06. The van der Waals surface area contributed by atoms with Crippen molar-refractivity contribution >= 4 is 43.2 Å². The van der Waals surface area contributed by atoms with E-state index in [1.54, 1.807) is 0 Å². The molecule has 4 N–H and O–H groups in total. The van der Waals surface area contributed by atoms with E-state index in [1.165, 1.54) is 0 Å². The Morgan fingerprint density at radius 2 is 1.00 bits per heavy atom. The van der Waals surface area contributed by atoms with Gasteiger partial charge in [-0.1, -0.05) is 31.9 Å². The molecule has 0 atom stereocenters. The number of hydrogen-bond donors (Lipinski definition) is 2. The van der Waals surface area contributed by atoms with Gasteiger partial charge in [-0.3, -0.25) is 0 Å². The van der Waals surface area contributed by atoms with E-state index in [4.69, 9.17) is 11.5 Å². The molecule has 2 aromatic carbocycles. The second kappa shape index (κ2) is 4.47. The van der Waals surface area contributed by atoms with Crippen LogP contribution in [0.4, 0.5) is 11.4 Å². The number of nitrogen functional groups attached to an aromatic ring is 2. The number of hydrogen-bond acceptors (Lipinski definition) is 2. The smallest absolute Gasteiger partial charge is 0.0331 e. The van der Waals surface area contributed by atoms with Crippen LogP contribution in [0.5, 0.6) is 0 Å². The zero-order valence-corrected chi connectivity index (χ0v) is 11.5. The molecular weight excluding hydrogens is 332 g/mol. The van der Waals surface area contributed by atoms with Crippen molar-refractivity contribution in [3.63, 3.8) is 0 Å². The van der Waals surface area contributed by atoms with Crippen molar-refractivity contribution in [2.75, 3.05) is 11.5 Å². The second-order valence-electron chi connectivity index (χ2n) is 3.55. The van der Waals surface area contributed by atoms with E-state index < -0.39 is 0 Å². The highest BCUT2D eigenvalue weighted by Gasteiger charge is 2.02. The molecule has 2 aromatic rings. The predicted molar refractivity (Wildman–Crippen MR) is 76.1 cm³/mol. The molecule has 0 saturated carbocycles. The predicted octanol–water partition coefficient (Wildman–Crippen LogP) is 4.04. The summed E-state index contributed by atoms with van der Waals surface area (Å²) in [7, 11) is 0. The monoisotopic (exact) mass is 340 g/mol. The number of rotatable bonds is 1. The summed E-state index contributed by atoms with van der Waals surface area (Å²) in [5.41, 5.74) is 15.1. The average molecular weight is 342 g/mol. The molecule has 16 heavy (non-hydrogen) atoms. The largest absolute Gasteiger partial charge is 0.399 e. The van der Waals surface area contributed by atoms with Crippen LogP contribution in [0.3, 0.4) is 0 Å². The van der Waals surface area contributed by atoms with E-state index in [-0.39, 0.29) is 0 Å². The highest BCUT2D eigenvalue weighted by molar-refractivity contribution is 9.10. The highest BCUT2D eigenvalue weighted by Crippen LogP contribution is 2.29. The van der Waals surface area contributed by atoms with Crippen molar-refractivity contribution < 1.29 is 0 Å². The summed E-state index contributed by atoms with van der Waals surface area (Å²) in [6.07, 6.45) is 0. The van der Waals surface area contributed by atoms with Crippen LogP contribution >= 0.6 is 31.9 Å². The molecule has 0 aliphatic heterocycles. The fraction of sp³-hybridized carbons (Fsp3) is 0. The summed E-state index contributed by atoms with van der Waals surface area (Å²) < 4.78 is 1.92. The second-order valence-corrected chi connectivity index (χ2v) is 5.38. The Labute approximate surface area is 111 Å². The van der Waals surface area contributed by atoms with Crippen molar-refractivity contribution in [2.24, 2.45) is 0 Å². The van der Waals surface area contributed by atoms with Gasteiger partial charge in [0.1, 0.15) is 0 Å². The number of nitrogens with two attached hydrogens (primary N) is 2.